The van der Waals surface area contributed by atoms with Gasteiger partial charge in [-0.1, -0.05) is 34.1 Å². The van der Waals surface area contributed by atoms with Gasteiger partial charge in [-0.3, -0.25) is 4.79 Å². The van der Waals surface area contributed by atoms with Crippen LogP contribution in [0.25, 0.3) is 0 Å². The monoisotopic (exact) mass is 332 g/mol. The molecule has 3 nitrogen and oxygen atoms in total. The van der Waals surface area contributed by atoms with Crippen LogP contribution in [0.1, 0.15) is 25.5 Å². The maximum atomic E-state index is 11.1. The van der Waals surface area contributed by atoms with Crippen molar-refractivity contribution in [2.45, 2.75) is 19.9 Å². The zero-order valence-electron chi connectivity index (χ0n) is 11.5. The van der Waals surface area contributed by atoms with E-state index in [-0.39, 0.29) is 11.9 Å². The summed E-state index contributed by atoms with van der Waals surface area (Å²) in [7, 11) is 0. The van der Waals surface area contributed by atoms with Crippen molar-refractivity contribution in [2.75, 3.05) is 10.6 Å². The molecule has 2 rings (SSSR count). The first kappa shape index (κ1) is 14.6. The van der Waals surface area contributed by atoms with E-state index >= 15 is 0 Å². The van der Waals surface area contributed by atoms with Gasteiger partial charge in [-0.15, -0.1) is 0 Å². The van der Waals surface area contributed by atoms with E-state index in [4.69, 9.17) is 0 Å². The molecule has 20 heavy (non-hydrogen) atoms. The number of amides is 1. The van der Waals surface area contributed by atoms with Gasteiger partial charge < -0.3 is 10.6 Å². The summed E-state index contributed by atoms with van der Waals surface area (Å²) in [4.78, 5) is 11.1. The lowest BCUT2D eigenvalue weighted by Gasteiger charge is -2.16. The zero-order valence-corrected chi connectivity index (χ0v) is 13.1. The first-order valence-electron chi connectivity index (χ1n) is 6.44. The lowest BCUT2D eigenvalue weighted by Crippen LogP contribution is -2.08. The first-order valence-corrected chi connectivity index (χ1v) is 7.23. The van der Waals surface area contributed by atoms with E-state index in [1.807, 2.05) is 36.4 Å². The smallest absolute Gasteiger partial charge is 0.221 e. The Kier molecular flexibility index (Phi) is 4.79. The van der Waals surface area contributed by atoms with Crippen LogP contribution in [0, 0.1) is 0 Å². The molecule has 104 valence electrons. The Morgan fingerprint density at radius 1 is 1.10 bits per heavy atom. The first-order chi connectivity index (χ1) is 9.54. The van der Waals surface area contributed by atoms with Gasteiger partial charge >= 0.3 is 0 Å². The van der Waals surface area contributed by atoms with Crippen molar-refractivity contribution < 1.29 is 4.79 Å². The standard InChI is InChI=1S/C16H17BrN2O/c1-11(13-6-8-14(17)9-7-13)18-15-4-3-5-16(10-15)19-12(2)20/h3-11,18H,1-2H3,(H,19,20). The van der Waals surface area contributed by atoms with Crippen molar-refractivity contribution in [3.63, 3.8) is 0 Å². The third kappa shape index (κ3) is 4.10. The second-order valence-electron chi connectivity index (χ2n) is 4.68. The van der Waals surface area contributed by atoms with E-state index in [1.54, 1.807) is 0 Å². The number of carbonyl (C=O) groups is 1. The van der Waals surface area contributed by atoms with Crippen molar-refractivity contribution in [1.29, 1.82) is 0 Å². The zero-order chi connectivity index (χ0) is 14.5. The summed E-state index contributed by atoms with van der Waals surface area (Å²) in [6.45, 7) is 3.61. The predicted molar refractivity (Wildman–Crippen MR) is 86.9 cm³/mol. The summed E-state index contributed by atoms with van der Waals surface area (Å²) in [5.41, 5.74) is 2.98. The van der Waals surface area contributed by atoms with Crippen molar-refractivity contribution in [3.8, 4) is 0 Å². The topological polar surface area (TPSA) is 41.1 Å². The van der Waals surface area contributed by atoms with Crippen LogP contribution in [-0.4, -0.2) is 5.91 Å². The number of rotatable bonds is 4. The predicted octanol–water partition coefficient (Wildman–Crippen LogP) is 4.58. The minimum Gasteiger partial charge on any atom is -0.378 e. The average molecular weight is 333 g/mol. The highest BCUT2D eigenvalue weighted by Crippen LogP contribution is 2.23. The Balaban J connectivity index is 2.09. The third-order valence-corrected chi connectivity index (χ3v) is 3.46. The molecule has 2 N–H and O–H groups in total. The molecule has 0 saturated carbocycles. The van der Waals surface area contributed by atoms with Crippen molar-refractivity contribution in [2.24, 2.45) is 0 Å². The van der Waals surface area contributed by atoms with E-state index < -0.39 is 0 Å². The molecule has 1 unspecified atom stereocenters. The summed E-state index contributed by atoms with van der Waals surface area (Å²) in [6.07, 6.45) is 0. The summed E-state index contributed by atoms with van der Waals surface area (Å²) >= 11 is 3.43. The molecule has 0 saturated heterocycles. The Hall–Kier alpha value is -1.81. The second kappa shape index (κ2) is 6.57. The summed E-state index contributed by atoms with van der Waals surface area (Å²) < 4.78 is 1.07. The van der Waals surface area contributed by atoms with Crippen LogP contribution in [0.3, 0.4) is 0 Å². The van der Waals surface area contributed by atoms with Gasteiger partial charge in [-0.05, 0) is 42.8 Å². The fourth-order valence-electron chi connectivity index (χ4n) is 1.97. The van der Waals surface area contributed by atoms with Crippen molar-refractivity contribution in [3.05, 3.63) is 58.6 Å². The van der Waals surface area contributed by atoms with Crippen LogP contribution >= 0.6 is 15.9 Å². The maximum Gasteiger partial charge on any atom is 0.221 e. The molecular formula is C16H17BrN2O. The van der Waals surface area contributed by atoms with Gasteiger partial charge in [-0.2, -0.15) is 0 Å². The molecule has 2 aromatic rings. The van der Waals surface area contributed by atoms with Crippen LogP contribution in [-0.2, 0) is 4.79 Å². The van der Waals surface area contributed by atoms with Gasteiger partial charge in [0.1, 0.15) is 0 Å². The maximum absolute atomic E-state index is 11.1. The fraction of sp³-hybridized carbons (Fsp3) is 0.188. The molecule has 0 heterocycles. The van der Waals surface area contributed by atoms with Crippen LogP contribution in [0.5, 0.6) is 0 Å². The van der Waals surface area contributed by atoms with Gasteiger partial charge in [0.2, 0.25) is 5.91 Å². The van der Waals surface area contributed by atoms with Crippen molar-refractivity contribution in [1.82, 2.24) is 0 Å². The van der Waals surface area contributed by atoms with E-state index in [1.165, 1.54) is 12.5 Å². The van der Waals surface area contributed by atoms with Gasteiger partial charge in [0.25, 0.3) is 0 Å². The normalized spacial score (nSPS) is 11.8. The molecule has 0 aliphatic carbocycles. The molecule has 0 fully saturated rings. The van der Waals surface area contributed by atoms with Crippen molar-refractivity contribution >= 4 is 33.2 Å². The van der Waals surface area contributed by atoms with E-state index in [2.05, 4.69) is 45.6 Å². The molecule has 1 amide bonds. The number of anilines is 2. The molecule has 0 aromatic heterocycles. The average Bonchev–Trinajstić information content (AvgIpc) is 2.39. The number of benzene rings is 2. The molecule has 0 radical (unpaired) electrons. The quantitative estimate of drug-likeness (QED) is 0.860. The van der Waals surface area contributed by atoms with Gasteiger partial charge in [0, 0.05) is 28.8 Å². The van der Waals surface area contributed by atoms with E-state index in [9.17, 15) is 4.79 Å². The summed E-state index contributed by atoms with van der Waals surface area (Å²) in [5, 5.41) is 6.21. The minimum absolute atomic E-state index is 0.0666. The molecule has 0 bridgehead atoms. The minimum atomic E-state index is -0.0666. The van der Waals surface area contributed by atoms with Crippen LogP contribution in [0.2, 0.25) is 0 Å². The van der Waals surface area contributed by atoms with Gasteiger partial charge in [-0.25, -0.2) is 0 Å². The number of hydrogen-bond acceptors (Lipinski definition) is 2. The highest BCUT2D eigenvalue weighted by molar-refractivity contribution is 9.10. The third-order valence-electron chi connectivity index (χ3n) is 2.94. The number of carbonyl (C=O) groups excluding carboxylic acids is 1. The van der Waals surface area contributed by atoms with E-state index in [0.29, 0.717) is 0 Å². The molecule has 0 aliphatic rings. The lowest BCUT2D eigenvalue weighted by molar-refractivity contribution is -0.114. The largest absolute Gasteiger partial charge is 0.378 e. The Labute approximate surface area is 127 Å². The number of halogens is 1. The fourth-order valence-corrected chi connectivity index (χ4v) is 2.24. The molecule has 0 spiro atoms. The molecule has 2 aromatic carbocycles. The molecule has 4 heteroatoms. The number of hydrogen-bond donors (Lipinski definition) is 2. The Morgan fingerprint density at radius 2 is 1.75 bits per heavy atom. The highest BCUT2D eigenvalue weighted by atomic mass is 79.9. The summed E-state index contributed by atoms with van der Waals surface area (Å²) in [5.74, 6) is -0.0666. The molecule has 1 atom stereocenters. The number of nitrogens with one attached hydrogen (secondary N) is 2. The Morgan fingerprint density at radius 3 is 2.40 bits per heavy atom. The van der Waals surface area contributed by atoms with Crippen LogP contribution in [0.15, 0.2) is 53.0 Å². The SMILES string of the molecule is CC(=O)Nc1cccc(NC(C)c2ccc(Br)cc2)c1. The lowest BCUT2D eigenvalue weighted by atomic mass is 10.1. The van der Waals surface area contributed by atoms with Gasteiger partial charge in [0.15, 0.2) is 0 Å². The molecule has 0 aliphatic heterocycles. The molecular weight excluding hydrogens is 316 g/mol. The summed E-state index contributed by atoms with van der Waals surface area (Å²) in [6, 6.07) is 16.1. The Bertz CT molecular complexity index is 596. The van der Waals surface area contributed by atoms with E-state index in [0.717, 1.165) is 15.8 Å². The highest BCUT2D eigenvalue weighted by Gasteiger charge is 2.05. The van der Waals surface area contributed by atoms with Crippen LogP contribution < -0.4 is 10.6 Å². The second-order valence-corrected chi connectivity index (χ2v) is 5.60. The van der Waals surface area contributed by atoms with Crippen LogP contribution in [0.4, 0.5) is 11.4 Å². The van der Waals surface area contributed by atoms with Gasteiger partial charge in [0.05, 0.1) is 0 Å².